The van der Waals surface area contributed by atoms with Crippen molar-refractivity contribution < 1.29 is 14.3 Å². The highest BCUT2D eigenvalue weighted by molar-refractivity contribution is 5.73. The number of amides is 2. The van der Waals surface area contributed by atoms with Crippen molar-refractivity contribution in [2.45, 2.75) is 19.3 Å². The SMILES string of the molecule is COc1ccccc1N1CCC(CNC(=O)N(C)CC2CCCOC2)C1. The Morgan fingerprint density at radius 2 is 2.19 bits per heavy atom. The molecule has 2 fully saturated rings. The van der Waals surface area contributed by atoms with Crippen molar-refractivity contribution in [2.75, 3.05) is 58.5 Å². The van der Waals surface area contributed by atoms with Gasteiger partial charge < -0.3 is 24.6 Å². The molecule has 6 nitrogen and oxygen atoms in total. The largest absolute Gasteiger partial charge is 0.495 e. The molecule has 1 N–H and O–H groups in total. The van der Waals surface area contributed by atoms with Gasteiger partial charge >= 0.3 is 6.03 Å². The van der Waals surface area contributed by atoms with Gasteiger partial charge in [0.1, 0.15) is 5.75 Å². The zero-order chi connectivity index (χ0) is 18.4. The van der Waals surface area contributed by atoms with E-state index in [2.05, 4.69) is 16.3 Å². The molecule has 2 aliphatic heterocycles. The number of methoxy groups -OCH3 is 1. The third kappa shape index (κ3) is 4.81. The average Bonchev–Trinajstić information content (AvgIpc) is 3.15. The number of nitrogens with one attached hydrogen (secondary N) is 1. The quantitative estimate of drug-likeness (QED) is 0.846. The molecule has 2 saturated heterocycles. The third-order valence-electron chi connectivity index (χ3n) is 5.39. The molecule has 2 unspecified atom stereocenters. The molecule has 0 radical (unpaired) electrons. The molecule has 1 aromatic carbocycles. The number of carbonyl (C=O) groups excluding carboxylic acids is 1. The van der Waals surface area contributed by atoms with Crippen molar-refractivity contribution >= 4 is 11.7 Å². The zero-order valence-corrected chi connectivity index (χ0v) is 15.9. The summed E-state index contributed by atoms with van der Waals surface area (Å²) < 4.78 is 11.0. The van der Waals surface area contributed by atoms with Crippen molar-refractivity contribution in [2.24, 2.45) is 11.8 Å². The maximum absolute atomic E-state index is 12.4. The number of hydrogen-bond donors (Lipinski definition) is 1. The van der Waals surface area contributed by atoms with Gasteiger partial charge in [-0.25, -0.2) is 4.79 Å². The smallest absolute Gasteiger partial charge is 0.317 e. The van der Waals surface area contributed by atoms with E-state index in [1.54, 1.807) is 12.0 Å². The molecular weight excluding hydrogens is 330 g/mol. The number of nitrogens with zero attached hydrogens (tertiary/aromatic N) is 2. The third-order valence-corrected chi connectivity index (χ3v) is 5.39. The van der Waals surface area contributed by atoms with Gasteiger partial charge in [-0.2, -0.15) is 0 Å². The Balaban J connectivity index is 1.43. The summed E-state index contributed by atoms with van der Waals surface area (Å²) in [6.45, 7) is 5.06. The fourth-order valence-corrected chi connectivity index (χ4v) is 3.90. The van der Waals surface area contributed by atoms with Crippen LogP contribution < -0.4 is 15.0 Å². The minimum atomic E-state index is 0.0197. The van der Waals surface area contributed by atoms with E-state index >= 15 is 0 Å². The van der Waals surface area contributed by atoms with Crippen molar-refractivity contribution in [3.8, 4) is 5.75 Å². The number of ether oxygens (including phenoxy) is 2. The van der Waals surface area contributed by atoms with E-state index in [1.807, 2.05) is 25.2 Å². The Hall–Kier alpha value is -1.95. The van der Waals surface area contributed by atoms with E-state index in [0.29, 0.717) is 11.8 Å². The lowest BCUT2D eigenvalue weighted by molar-refractivity contribution is 0.0457. The van der Waals surface area contributed by atoms with Crippen LogP contribution in [0.1, 0.15) is 19.3 Å². The second kappa shape index (κ2) is 9.12. The summed E-state index contributed by atoms with van der Waals surface area (Å²) in [7, 11) is 3.58. The minimum absolute atomic E-state index is 0.0197. The Labute approximate surface area is 156 Å². The molecule has 6 heteroatoms. The van der Waals surface area contributed by atoms with E-state index in [1.165, 1.54) is 0 Å². The van der Waals surface area contributed by atoms with Gasteiger partial charge in [-0.15, -0.1) is 0 Å². The Kier molecular flexibility index (Phi) is 6.61. The van der Waals surface area contributed by atoms with E-state index in [4.69, 9.17) is 9.47 Å². The summed E-state index contributed by atoms with van der Waals surface area (Å²) in [5.74, 6) is 1.84. The van der Waals surface area contributed by atoms with Crippen LogP contribution in [-0.2, 0) is 4.74 Å². The highest BCUT2D eigenvalue weighted by Gasteiger charge is 2.25. The Morgan fingerprint density at radius 1 is 1.35 bits per heavy atom. The lowest BCUT2D eigenvalue weighted by atomic mass is 10.0. The maximum atomic E-state index is 12.4. The summed E-state index contributed by atoms with van der Waals surface area (Å²) >= 11 is 0. The molecule has 3 rings (SSSR count). The second-order valence-corrected chi connectivity index (χ2v) is 7.42. The molecule has 0 saturated carbocycles. The summed E-state index contributed by atoms with van der Waals surface area (Å²) in [4.78, 5) is 16.5. The van der Waals surface area contributed by atoms with E-state index < -0.39 is 0 Å². The molecule has 144 valence electrons. The van der Waals surface area contributed by atoms with Crippen LogP contribution in [-0.4, -0.2) is 64.5 Å². The topological polar surface area (TPSA) is 54.0 Å². The minimum Gasteiger partial charge on any atom is -0.495 e. The van der Waals surface area contributed by atoms with Gasteiger partial charge in [0, 0.05) is 45.8 Å². The molecule has 26 heavy (non-hydrogen) atoms. The maximum Gasteiger partial charge on any atom is 0.317 e. The van der Waals surface area contributed by atoms with Gasteiger partial charge in [0.25, 0.3) is 0 Å². The van der Waals surface area contributed by atoms with Crippen LogP contribution in [0.2, 0.25) is 0 Å². The summed E-state index contributed by atoms with van der Waals surface area (Å²) in [6.07, 6.45) is 3.33. The summed E-state index contributed by atoms with van der Waals surface area (Å²) in [5.41, 5.74) is 1.14. The molecule has 2 amide bonds. The second-order valence-electron chi connectivity index (χ2n) is 7.42. The first-order valence-electron chi connectivity index (χ1n) is 9.62. The van der Waals surface area contributed by atoms with Crippen LogP contribution in [0.25, 0.3) is 0 Å². The lowest BCUT2D eigenvalue weighted by Gasteiger charge is -2.27. The van der Waals surface area contributed by atoms with E-state index in [-0.39, 0.29) is 6.03 Å². The van der Waals surface area contributed by atoms with Gasteiger partial charge in [0.15, 0.2) is 0 Å². The number of urea groups is 1. The normalized spacial score (nSPS) is 22.9. The highest BCUT2D eigenvalue weighted by atomic mass is 16.5. The Morgan fingerprint density at radius 3 is 2.96 bits per heavy atom. The molecule has 2 heterocycles. The Bertz CT molecular complexity index is 589. The molecular formula is C20H31N3O3. The summed E-state index contributed by atoms with van der Waals surface area (Å²) in [6, 6.07) is 8.14. The predicted molar refractivity (Wildman–Crippen MR) is 103 cm³/mol. The summed E-state index contributed by atoms with van der Waals surface area (Å²) in [5, 5.41) is 3.10. The fraction of sp³-hybridized carbons (Fsp3) is 0.650. The monoisotopic (exact) mass is 361 g/mol. The number of carbonyl (C=O) groups is 1. The van der Waals surface area contributed by atoms with Crippen molar-refractivity contribution in [1.29, 1.82) is 0 Å². The standard InChI is InChI=1S/C20H31N3O3/c1-22(13-17-6-5-11-26-15-17)20(24)21-12-16-9-10-23(14-16)18-7-3-4-8-19(18)25-2/h3-4,7-8,16-17H,5-6,9-15H2,1-2H3,(H,21,24). The van der Waals surface area contributed by atoms with Crippen LogP contribution >= 0.6 is 0 Å². The van der Waals surface area contributed by atoms with E-state index in [9.17, 15) is 4.79 Å². The molecule has 0 aromatic heterocycles. The zero-order valence-electron chi connectivity index (χ0n) is 15.9. The van der Waals surface area contributed by atoms with Crippen LogP contribution in [0.4, 0.5) is 10.5 Å². The number of rotatable bonds is 6. The number of para-hydroxylation sites is 2. The van der Waals surface area contributed by atoms with Crippen LogP contribution in [0.5, 0.6) is 5.75 Å². The number of hydrogen-bond acceptors (Lipinski definition) is 4. The molecule has 0 aliphatic carbocycles. The van der Waals surface area contributed by atoms with Crippen LogP contribution in [0, 0.1) is 11.8 Å². The van der Waals surface area contributed by atoms with Gasteiger partial charge in [0.05, 0.1) is 19.4 Å². The van der Waals surface area contributed by atoms with Crippen LogP contribution in [0.3, 0.4) is 0 Å². The van der Waals surface area contributed by atoms with E-state index in [0.717, 1.165) is 70.1 Å². The molecule has 2 aliphatic rings. The molecule has 2 atom stereocenters. The molecule has 0 spiro atoms. The van der Waals surface area contributed by atoms with Crippen LogP contribution in [0.15, 0.2) is 24.3 Å². The first-order valence-corrected chi connectivity index (χ1v) is 9.62. The van der Waals surface area contributed by atoms with Crippen molar-refractivity contribution in [1.82, 2.24) is 10.2 Å². The predicted octanol–water partition coefficient (Wildman–Crippen LogP) is 2.59. The highest BCUT2D eigenvalue weighted by Crippen LogP contribution is 2.31. The molecule has 0 bridgehead atoms. The lowest BCUT2D eigenvalue weighted by Crippen LogP contribution is -2.43. The number of benzene rings is 1. The van der Waals surface area contributed by atoms with Crippen molar-refractivity contribution in [3.05, 3.63) is 24.3 Å². The van der Waals surface area contributed by atoms with Gasteiger partial charge in [0.2, 0.25) is 0 Å². The average molecular weight is 361 g/mol. The first-order chi connectivity index (χ1) is 12.7. The first kappa shape index (κ1) is 18.8. The van der Waals surface area contributed by atoms with Gasteiger partial charge in [-0.3, -0.25) is 0 Å². The fourth-order valence-electron chi connectivity index (χ4n) is 3.90. The number of anilines is 1. The van der Waals surface area contributed by atoms with Crippen molar-refractivity contribution in [3.63, 3.8) is 0 Å². The van der Waals surface area contributed by atoms with Gasteiger partial charge in [-0.1, -0.05) is 12.1 Å². The molecule has 1 aromatic rings. The van der Waals surface area contributed by atoms with Gasteiger partial charge in [-0.05, 0) is 37.3 Å².